The maximum Gasteiger partial charge on any atom is 0.326 e. The highest BCUT2D eigenvalue weighted by Crippen LogP contribution is 2.34. The van der Waals surface area contributed by atoms with Crippen LogP contribution in [-0.2, 0) is 22.4 Å². The van der Waals surface area contributed by atoms with Crippen molar-refractivity contribution in [3.05, 3.63) is 57.2 Å². The first-order chi connectivity index (χ1) is 16.4. The Morgan fingerprint density at radius 3 is 2.71 bits per heavy atom. The monoisotopic (exact) mass is 505 g/mol. The zero-order chi connectivity index (χ0) is 24.1. The number of nitrogens with zero attached hydrogens (tertiary/aromatic N) is 1. The maximum atomic E-state index is 12.5. The second-order valence-electron chi connectivity index (χ2n) is 8.97. The number of ether oxygens (including phenoxy) is 1. The van der Waals surface area contributed by atoms with E-state index in [-0.39, 0.29) is 27.6 Å². The van der Waals surface area contributed by atoms with Gasteiger partial charge in [-0.15, -0.1) is 0 Å². The lowest BCUT2D eigenvalue weighted by molar-refractivity contribution is -0.140. The third-order valence-electron chi connectivity index (χ3n) is 6.44. The number of fused-ring (bicyclic) bond motifs is 1. The van der Waals surface area contributed by atoms with Gasteiger partial charge in [0.2, 0.25) is 0 Å². The lowest BCUT2D eigenvalue weighted by Gasteiger charge is -2.36. The number of rotatable bonds is 10. The molecular weight excluding hydrogens is 477 g/mol. The number of hydrogen-bond donors (Lipinski definition) is 3. The van der Waals surface area contributed by atoms with Crippen LogP contribution in [-0.4, -0.2) is 47.3 Å². The Morgan fingerprint density at radius 1 is 1.21 bits per heavy atom. The molecule has 0 radical (unpaired) electrons. The normalized spacial score (nSPS) is 19.9. The highest BCUT2D eigenvalue weighted by atomic mass is 35.5. The number of carbonyl (C=O) groups excluding carboxylic acids is 1. The van der Waals surface area contributed by atoms with Gasteiger partial charge in [0, 0.05) is 18.8 Å². The molecule has 182 valence electrons. The van der Waals surface area contributed by atoms with E-state index >= 15 is 0 Å². The largest absolute Gasteiger partial charge is 0.480 e. The minimum atomic E-state index is -1.08. The molecule has 2 aromatic rings. The van der Waals surface area contributed by atoms with Gasteiger partial charge in [0.1, 0.15) is 11.9 Å². The molecule has 1 amide bonds. The van der Waals surface area contributed by atoms with Crippen LogP contribution in [0.1, 0.15) is 53.7 Å². The molecule has 0 unspecified atom stereocenters. The first-order valence-corrected chi connectivity index (χ1v) is 12.5. The molecule has 1 aromatic heterocycles. The van der Waals surface area contributed by atoms with E-state index in [1.54, 1.807) is 18.2 Å². The maximum absolute atomic E-state index is 12.5. The molecule has 2 aliphatic rings. The first kappa shape index (κ1) is 24.8. The zero-order valence-electron chi connectivity index (χ0n) is 18.9. The van der Waals surface area contributed by atoms with Gasteiger partial charge in [-0.2, -0.15) is 0 Å². The van der Waals surface area contributed by atoms with Crippen LogP contribution < -0.4 is 10.6 Å². The fourth-order valence-electron chi connectivity index (χ4n) is 4.51. The molecule has 0 spiro atoms. The number of benzene rings is 1. The molecule has 1 aliphatic heterocycles. The number of carboxylic acid groups (broad SMARTS) is 1. The fourth-order valence-corrected chi connectivity index (χ4v) is 5.08. The van der Waals surface area contributed by atoms with Gasteiger partial charge in [-0.25, -0.2) is 9.78 Å². The molecule has 7 nitrogen and oxygen atoms in total. The summed E-state index contributed by atoms with van der Waals surface area (Å²) in [5.74, 6) is -0.459. The Bertz CT molecular complexity index is 1020. The van der Waals surface area contributed by atoms with Crippen LogP contribution in [0.15, 0.2) is 30.3 Å². The molecule has 1 fully saturated rings. The number of nitrogens with one attached hydrogen (secondary N) is 2. The SMILES string of the molecule is O=C(N[C@H](CC1CC(OCCCc2ccc3c(n2)NCCC3)C1)C(=O)O)c1c(Cl)cccc1Cl. The Labute approximate surface area is 209 Å². The predicted octanol–water partition coefficient (Wildman–Crippen LogP) is 4.75. The summed E-state index contributed by atoms with van der Waals surface area (Å²) >= 11 is 12.1. The Balaban J connectivity index is 1.17. The lowest BCUT2D eigenvalue weighted by atomic mass is 9.78. The van der Waals surface area contributed by atoms with Crippen molar-refractivity contribution in [1.29, 1.82) is 0 Å². The molecule has 1 aliphatic carbocycles. The van der Waals surface area contributed by atoms with Crippen LogP contribution >= 0.6 is 23.2 Å². The van der Waals surface area contributed by atoms with E-state index in [9.17, 15) is 14.7 Å². The van der Waals surface area contributed by atoms with Gasteiger partial charge in [-0.1, -0.05) is 35.3 Å². The van der Waals surface area contributed by atoms with E-state index < -0.39 is 17.9 Å². The van der Waals surface area contributed by atoms with Crippen LogP contribution in [0.5, 0.6) is 0 Å². The number of anilines is 1. The number of amides is 1. The van der Waals surface area contributed by atoms with Gasteiger partial charge >= 0.3 is 5.97 Å². The second kappa shape index (κ2) is 11.4. The number of aryl methyl sites for hydroxylation is 2. The molecule has 9 heteroatoms. The standard InChI is InChI=1S/C25H29Cl2N3O4/c26-19-6-1-7-20(27)22(19)24(31)30-21(25(32)33)14-15-12-18(13-15)34-11-3-5-17-9-8-16-4-2-10-28-23(16)29-17/h1,6-9,15,18,21H,2-5,10-14H2,(H,28,29)(H,30,31)(H,32,33)/t15?,18?,21-/m1/s1. The van der Waals surface area contributed by atoms with Crippen LogP contribution in [0.3, 0.4) is 0 Å². The molecule has 0 bridgehead atoms. The van der Waals surface area contributed by atoms with Crippen molar-refractivity contribution in [3.63, 3.8) is 0 Å². The van der Waals surface area contributed by atoms with Gasteiger partial charge < -0.3 is 20.5 Å². The van der Waals surface area contributed by atoms with E-state index in [4.69, 9.17) is 32.9 Å². The number of carboxylic acids is 1. The van der Waals surface area contributed by atoms with E-state index in [0.717, 1.165) is 56.6 Å². The predicted molar refractivity (Wildman–Crippen MR) is 132 cm³/mol. The summed E-state index contributed by atoms with van der Waals surface area (Å²) < 4.78 is 5.95. The fraction of sp³-hybridized carbons (Fsp3) is 0.480. The number of halogens is 2. The molecule has 1 aromatic carbocycles. The molecule has 3 N–H and O–H groups in total. The molecule has 34 heavy (non-hydrogen) atoms. The van der Waals surface area contributed by atoms with Crippen molar-refractivity contribution < 1.29 is 19.4 Å². The van der Waals surface area contributed by atoms with Crippen molar-refractivity contribution in [1.82, 2.24) is 10.3 Å². The summed E-state index contributed by atoms with van der Waals surface area (Å²) in [6.07, 6.45) is 6.03. The van der Waals surface area contributed by atoms with Crippen molar-refractivity contribution in [2.45, 2.75) is 57.1 Å². The molecule has 1 saturated carbocycles. The van der Waals surface area contributed by atoms with E-state index in [0.29, 0.717) is 13.0 Å². The summed E-state index contributed by atoms with van der Waals surface area (Å²) in [5, 5.41) is 15.9. The molecule has 2 heterocycles. The number of carbonyl (C=O) groups is 2. The number of aromatic nitrogens is 1. The van der Waals surface area contributed by atoms with Crippen molar-refractivity contribution in [2.75, 3.05) is 18.5 Å². The number of pyridine rings is 1. The Hall–Kier alpha value is -2.35. The average molecular weight is 506 g/mol. The average Bonchev–Trinajstić information content (AvgIpc) is 2.78. The summed E-state index contributed by atoms with van der Waals surface area (Å²) in [4.78, 5) is 29.0. The summed E-state index contributed by atoms with van der Waals surface area (Å²) in [6.45, 7) is 1.63. The van der Waals surface area contributed by atoms with Crippen molar-refractivity contribution in [2.24, 2.45) is 5.92 Å². The molecule has 1 atom stereocenters. The third kappa shape index (κ3) is 6.20. The second-order valence-corrected chi connectivity index (χ2v) is 9.79. The van der Waals surface area contributed by atoms with Crippen molar-refractivity contribution in [3.8, 4) is 0 Å². The minimum Gasteiger partial charge on any atom is -0.480 e. The molecular formula is C25H29Cl2N3O4. The lowest BCUT2D eigenvalue weighted by Crippen LogP contribution is -2.45. The van der Waals surface area contributed by atoms with E-state index in [2.05, 4.69) is 22.8 Å². The molecule has 0 saturated heterocycles. The van der Waals surface area contributed by atoms with Gasteiger partial charge in [0.25, 0.3) is 5.91 Å². The third-order valence-corrected chi connectivity index (χ3v) is 7.07. The van der Waals surface area contributed by atoms with Gasteiger partial charge in [0.15, 0.2) is 0 Å². The first-order valence-electron chi connectivity index (χ1n) is 11.7. The highest BCUT2D eigenvalue weighted by Gasteiger charge is 2.34. The summed E-state index contributed by atoms with van der Waals surface area (Å²) in [5.41, 5.74) is 2.45. The van der Waals surface area contributed by atoms with Gasteiger partial charge in [-0.05, 0) is 74.6 Å². The minimum absolute atomic E-state index is 0.0936. The van der Waals surface area contributed by atoms with Crippen LogP contribution in [0, 0.1) is 5.92 Å². The van der Waals surface area contributed by atoms with Crippen LogP contribution in [0.2, 0.25) is 10.0 Å². The summed E-state index contributed by atoms with van der Waals surface area (Å²) in [7, 11) is 0. The van der Waals surface area contributed by atoms with E-state index in [1.807, 2.05) is 0 Å². The zero-order valence-corrected chi connectivity index (χ0v) is 20.4. The Morgan fingerprint density at radius 2 is 1.97 bits per heavy atom. The van der Waals surface area contributed by atoms with Gasteiger partial charge in [-0.3, -0.25) is 4.79 Å². The number of aliphatic carboxylic acids is 1. The van der Waals surface area contributed by atoms with Crippen LogP contribution in [0.25, 0.3) is 0 Å². The topological polar surface area (TPSA) is 101 Å². The molecule has 4 rings (SSSR count). The van der Waals surface area contributed by atoms with Gasteiger partial charge in [0.05, 0.1) is 21.7 Å². The number of hydrogen-bond acceptors (Lipinski definition) is 5. The van der Waals surface area contributed by atoms with E-state index in [1.165, 1.54) is 5.56 Å². The van der Waals surface area contributed by atoms with Crippen molar-refractivity contribution >= 4 is 40.9 Å². The van der Waals surface area contributed by atoms with Crippen LogP contribution in [0.4, 0.5) is 5.82 Å². The summed E-state index contributed by atoms with van der Waals surface area (Å²) in [6, 6.07) is 7.98. The Kier molecular flexibility index (Phi) is 8.29. The smallest absolute Gasteiger partial charge is 0.326 e. The highest BCUT2D eigenvalue weighted by molar-refractivity contribution is 6.39. The quantitative estimate of drug-likeness (QED) is 0.403.